The molecule has 190 valence electrons. The van der Waals surface area contributed by atoms with Gasteiger partial charge in [-0.2, -0.15) is 0 Å². The van der Waals surface area contributed by atoms with Gasteiger partial charge >= 0.3 is 0 Å². The van der Waals surface area contributed by atoms with Crippen molar-refractivity contribution >= 4 is 32.6 Å². The third-order valence-corrected chi connectivity index (χ3v) is 7.79. The summed E-state index contributed by atoms with van der Waals surface area (Å²) in [5.74, 6) is 1.37. The lowest BCUT2D eigenvalue weighted by Crippen LogP contribution is -2.40. The van der Waals surface area contributed by atoms with E-state index >= 15 is 0 Å². The predicted molar refractivity (Wildman–Crippen MR) is 144 cm³/mol. The van der Waals surface area contributed by atoms with E-state index in [0.29, 0.717) is 49.4 Å². The summed E-state index contributed by atoms with van der Waals surface area (Å²) in [7, 11) is 0. The highest BCUT2D eigenvalue weighted by Crippen LogP contribution is 2.33. The highest BCUT2D eigenvalue weighted by atomic mass is 32.1. The summed E-state index contributed by atoms with van der Waals surface area (Å²) in [5.41, 5.74) is 2.97. The average Bonchev–Trinajstić information content (AvgIpc) is 3.35. The molecule has 2 aliphatic rings. The van der Waals surface area contributed by atoms with Crippen LogP contribution < -0.4 is 10.1 Å². The second-order valence-corrected chi connectivity index (χ2v) is 10.5. The molecule has 1 aliphatic heterocycles. The van der Waals surface area contributed by atoms with E-state index in [9.17, 15) is 4.79 Å². The number of hydrogen-bond donors (Lipinski definition) is 1. The Bertz CT molecular complexity index is 1400. The number of aromatic nitrogens is 3. The van der Waals surface area contributed by atoms with Crippen LogP contribution in [-0.2, 0) is 4.74 Å². The normalized spacial score (nSPS) is 16.6. The molecule has 1 amide bonds. The van der Waals surface area contributed by atoms with Crippen molar-refractivity contribution < 1.29 is 14.3 Å². The molecule has 2 fully saturated rings. The molecule has 1 saturated heterocycles. The second kappa shape index (κ2) is 10.8. The van der Waals surface area contributed by atoms with Gasteiger partial charge in [-0.15, -0.1) is 0 Å². The number of anilines is 1. The van der Waals surface area contributed by atoms with Crippen LogP contribution >= 0.6 is 11.3 Å². The van der Waals surface area contributed by atoms with E-state index in [1.165, 1.54) is 32.1 Å². The second-order valence-electron chi connectivity index (χ2n) is 9.47. The number of carbonyl (C=O) groups is 1. The predicted octanol–water partition coefficient (Wildman–Crippen LogP) is 5.76. The SMILES string of the molecule is O=C(c1cncc(-c2cc(Oc3ccc4nc(NC5CCCCC5)sc4c3)ccn2)c1)N1CCOCC1. The summed E-state index contributed by atoms with van der Waals surface area (Å²) in [4.78, 5) is 28.2. The number of morpholine rings is 1. The maximum absolute atomic E-state index is 12.9. The molecule has 0 unspecified atom stereocenters. The van der Waals surface area contributed by atoms with Gasteiger partial charge in [0.05, 0.1) is 34.7 Å². The van der Waals surface area contributed by atoms with E-state index in [0.717, 1.165) is 26.7 Å². The quantitative estimate of drug-likeness (QED) is 0.349. The van der Waals surface area contributed by atoms with Crippen LogP contribution in [0.2, 0.25) is 0 Å². The van der Waals surface area contributed by atoms with Crippen LogP contribution in [0.3, 0.4) is 0 Å². The van der Waals surface area contributed by atoms with E-state index in [4.69, 9.17) is 14.5 Å². The molecule has 1 aromatic carbocycles. The van der Waals surface area contributed by atoms with Crippen LogP contribution in [0, 0.1) is 0 Å². The molecular formula is C28H29N5O3S. The van der Waals surface area contributed by atoms with Crippen LogP contribution in [0.1, 0.15) is 42.5 Å². The number of ether oxygens (including phenoxy) is 2. The molecule has 6 rings (SSSR count). The Labute approximate surface area is 219 Å². The number of thiazole rings is 1. The third kappa shape index (κ3) is 5.57. The smallest absolute Gasteiger partial charge is 0.255 e. The Morgan fingerprint density at radius 2 is 1.86 bits per heavy atom. The van der Waals surface area contributed by atoms with Crippen molar-refractivity contribution in [3.05, 3.63) is 60.6 Å². The zero-order valence-electron chi connectivity index (χ0n) is 20.6. The molecular weight excluding hydrogens is 486 g/mol. The maximum Gasteiger partial charge on any atom is 0.255 e. The van der Waals surface area contributed by atoms with Crippen molar-refractivity contribution in [1.82, 2.24) is 19.9 Å². The molecule has 0 atom stereocenters. The van der Waals surface area contributed by atoms with Crippen LogP contribution in [0.4, 0.5) is 5.13 Å². The molecule has 0 bridgehead atoms. The number of rotatable bonds is 6. The van der Waals surface area contributed by atoms with Crippen molar-refractivity contribution in [2.45, 2.75) is 38.1 Å². The highest BCUT2D eigenvalue weighted by Gasteiger charge is 2.20. The number of nitrogens with zero attached hydrogens (tertiary/aromatic N) is 4. The summed E-state index contributed by atoms with van der Waals surface area (Å²) in [5, 5.41) is 4.59. The molecule has 4 aromatic rings. The Hall–Kier alpha value is -3.56. The van der Waals surface area contributed by atoms with Gasteiger partial charge < -0.3 is 19.7 Å². The number of benzene rings is 1. The Morgan fingerprint density at radius 3 is 2.73 bits per heavy atom. The van der Waals surface area contributed by atoms with E-state index in [-0.39, 0.29) is 5.91 Å². The number of hydrogen-bond acceptors (Lipinski definition) is 8. The molecule has 37 heavy (non-hydrogen) atoms. The lowest BCUT2D eigenvalue weighted by Gasteiger charge is -2.26. The van der Waals surface area contributed by atoms with Crippen LogP contribution in [0.15, 0.2) is 55.0 Å². The summed E-state index contributed by atoms with van der Waals surface area (Å²) in [6, 6.07) is 12.0. The van der Waals surface area contributed by atoms with Gasteiger partial charge in [0.15, 0.2) is 5.13 Å². The number of pyridine rings is 2. The number of fused-ring (bicyclic) bond motifs is 1. The highest BCUT2D eigenvalue weighted by molar-refractivity contribution is 7.22. The number of nitrogens with one attached hydrogen (secondary N) is 1. The van der Waals surface area contributed by atoms with Gasteiger partial charge in [0.2, 0.25) is 0 Å². The zero-order chi connectivity index (χ0) is 25.0. The summed E-state index contributed by atoms with van der Waals surface area (Å²) in [6.07, 6.45) is 11.4. The summed E-state index contributed by atoms with van der Waals surface area (Å²) in [6.45, 7) is 2.30. The van der Waals surface area contributed by atoms with Gasteiger partial charge in [-0.3, -0.25) is 14.8 Å². The van der Waals surface area contributed by atoms with Gasteiger partial charge in [-0.05, 0) is 37.1 Å². The van der Waals surface area contributed by atoms with Gasteiger partial charge in [0, 0.05) is 55.4 Å². The monoisotopic (exact) mass is 515 g/mol. The van der Waals surface area contributed by atoms with E-state index in [1.54, 1.807) is 34.8 Å². The molecule has 1 saturated carbocycles. The molecule has 3 aromatic heterocycles. The van der Waals surface area contributed by atoms with E-state index < -0.39 is 0 Å². The standard InChI is InChI=1S/C28H29N5O3S/c34-27(33-10-12-35-13-11-33)20-14-19(17-29-18-20)25-15-23(8-9-30-25)36-22-6-7-24-26(16-22)37-28(32-24)31-21-4-2-1-3-5-21/h6-9,14-18,21H,1-5,10-13H2,(H,31,32). The average molecular weight is 516 g/mol. The van der Waals surface area contributed by atoms with E-state index in [2.05, 4.69) is 15.3 Å². The first-order valence-corrected chi connectivity index (χ1v) is 13.7. The number of carbonyl (C=O) groups excluding carboxylic acids is 1. The molecule has 1 aliphatic carbocycles. The minimum atomic E-state index is -0.0414. The lowest BCUT2D eigenvalue weighted by molar-refractivity contribution is 0.0302. The Kier molecular flexibility index (Phi) is 6.96. The largest absolute Gasteiger partial charge is 0.457 e. The third-order valence-electron chi connectivity index (χ3n) is 6.84. The zero-order valence-corrected chi connectivity index (χ0v) is 21.4. The summed E-state index contributed by atoms with van der Waals surface area (Å²) < 4.78 is 12.6. The molecule has 8 nitrogen and oxygen atoms in total. The van der Waals surface area contributed by atoms with E-state index in [1.807, 2.05) is 36.4 Å². The topological polar surface area (TPSA) is 89.5 Å². The first-order chi connectivity index (χ1) is 18.2. The van der Waals surface area contributed by atoms with Crippen LogP contribution in [0.5, 0.6) is 11.5 Å². The fourth-order valence-corrected chi connectivity index (χ4v) is 5.84. The Morgan fingerprint density at radius 1 is 1.03 bits per heavy atom. The molecule has 0 radical (unpaired) electrons. The summed E-state index contributed by atoms with van der Waals surface area (Å²) >= 11 is 1.67. The molecule has 9 heteroatoms. The van der Waals surface area contributed by atoms with Crippen molar-refractivity contribution in [2.75, 3.05) is 31.6 Å². The maximum atomic E-state index is 12.9. The molecule has 1 N–H and O–H groups in total. The van der Waals surface area contributed by atoms with Gasteiger partial charge in [0.25, 0.3) is 5.91 Å². The lowest BCUT2D eigenvalue weighted by atomic mass is 9.96. The van der Waals surface area contributed by atoms with Gasteiger partial charge in [0.1, 0.15) is 11.5 Å². The van der Waals surface area contributed by atoms with Crippen molar-refractivity contribution in [1.29, 1.82) is 0 Å². The van der Waals surface area contributed by atoms with Crippen molar-refractivity contribution in [3.8, 4) is 22.8 Å². The van der Waals surface area contributed by atoms with Crippen molar-refractivity contribution in [2.24, 2.45) is 0 Å². The van der Waals surface area contributed by atoms with Crippen LogP contribution in [0.25, 0.3) is 21.5 Å². The first kappa shape index (κ1) is 23.8. The fraction of sp³-hybridized carbons (Fsp3) is 0.357. The minimum absolute atomic E-state index is 0.0414. The Balaban J connectivity index is 1.17. The molecule has 4 heterocycles. The fourth-order valence-electron chi connectivity index (χ4n) is 4.87. The minimum Gasteiger partial charge on any atom is -0.457 e. The van der Waals surface area contributed by atoms with Crippen molar-refractivity contribution in [3.63, 3.8) is 0 Å². The molecule has 0 spiro atoms. The van der Waals surface area contributed by atoms with Crippen LogP contribution in [-0.4, -0.2) is 58.1 Å². The van der Waals surface area contributed by atoms with Gasteiger partial charge in [-0.25, -0.2) is 4.98 Å². The van der Waals surface area contributed by atoms with Gasteiger partial charge in [-0.1, -0.05) is 30.6 Å². The number of amides is 1. The first-order valence-electron chi connectivity index (χ1n) is 12.8.